The van der Waals surface area contributed by atoms with Crippen molar-refractivity contribution in [2.75, 3.05) is 13.6 Å². The zero-order valence-corrected chi connectivity index (χ0v) is 11.9. The smallest absolute Gasteiger partial charge is 0.251 e. The van der Waals surface area contributed by atoms with E-state index in [2.05, 4.69) is 16.7 Å². The average Bonchev–Trinajstić information content (AvgIpc) is 2.92. The van der Waals surface area contributed by atoms with Gasteiger partial charge in [0.05, 0.1) is 12.0 Å². The van der Waals surface area contributed by atoms with E-state index in [0.717, 1.165) is 43.4 Å². The fourth-order valence-corrected chi connectivity index (χ4v) is 2.75. The molecule has 0 aromatic heterocycles. The number of benzene rings is 1. The Morgan fingerprint density at radius 1 is 1.40 bits per heavy atom. The first-order valence-electron chi connectivity index (χ1n) is 7.19. The summed E-state index contributed by atoms with van der Waals surface area (Å²) in [6, 6.07) is 9.98. The van der Waals surface area contributed by atoms with Crippen molar-refractivity contribution in [1.29, 1.82) is 5.26 Å². The van der Waals surface area contributed by atoms with Crippen LogP contribution in [0.3, 0.4) is 0 Å². The van der Waals surface area contributed by atoms with Crippen LogP contribution in [0.2, 0.25) is 0 Å². The monoisotopic (exact) mass is 271 g/mol. The molecule has 2 atom stereocenters. The molecule has 1 fully saturated rings. The highest BCUT2D eigenvalue weighted by molar-refractivity contribution is 5.95. The van der Waals surface area contributed by atoms with Crippen LogP contribution in [0, 0.1) is 17.2 Å². The molecule has 2 unspecified atom stereocenters. The maximum atomic E-state index is 12.4. The van der Waals surface area contributed by atoms with Gasteiger partial charge in [0.2, 0.25) is 0 Å². The van der Waals surface area contributed by atoms with Gasteiger partial charge in [-0.2, -0.15) is 5.26 Å². The summed E-state index contributed by atoms with van der Waals surface area (Å²) in [5.74, 6) is -0.0905. The lowest BCUT2D eigenvalue weighted by molar-refractivity contribution is 0.0932. The lowest BCUT2D eigenvalue weighted by atomic mass is 10.0. The summed E-state index contributed by atoms with van der Waals surface area (Å²) < 4.78 is 0. The third kappa shape index (κ3) is 3.37. The van der Waals surface area contributed by atoms with Gasteiger partial charge < -0.3 is 10.6 Å². The highest BCUT2D eigenvalue weighted by Gasteiger charge is 2.28. The summed E-state index contributed by atoms with van der Waals surface area (Å²) >= 11 is 0. The molecule has 0 saturated heterocycles. The average molecular weight is 271 g/mol. The number of rotatable bonds is 5. The fourth-order valence-electron chi connectivity index (χ4n) is 2.75. The number of carbonyl (C=O) groups excluding carboxylic acids is 1. The minimum atomic E-state index is -0.0520. The van der Waals surface area contributed by atoms with Crippen LogP contribution in [0.25, 0.3) is 0 Å². The van der Waals surface area contributed by atoms with Gasteiger partial charge in [0.1, 0.15) is 0 Å². The number of nitriles is 1. The first-order chi connectivity index (χ1) is 9.76. The lowest BCUT2D eigenvalue weighted by Gasteiger charge is -2.17. The number of nitrogens with zero attached hydrogens (tertiary/aromatic N) is 1. The largest absolute Gasteiger partial charge is 0.348 e. The van der Waals surface area contributed by atoms with E-state index in [9.17, 15) is 4.79 Å². The molecule has 1 aromatic carbocycles. The van der Waals surface area contributed by atoms with E-state index in [4.69, 9.17) is 5.26 Å². The zero-order valence-electron chi connectivity index (χ0n) is 11.9. The molecule has 1 aliphatic rings. The van der Waals surface area contributed by atoms with E-state index in [1.165, 1.54) is 0 Å². The van der Waals surface area contributed by atoms with Crippen LogP contribution in [-0.4, -0.2) is 25.5 Å². The third-order valence-corrected chi connectivity index (χ3v) is 3.90. The van der Waals surface area contributed by atoms with Crippen molar-refractivity contribution in [3.05, 3.63) is 35.4 Å². The Hall–Kier alpha value is -1.86. The molecule has 0 heterocycles. The van der Waals surface area contributed by atoms with Crippen LogP contribution in [0.15, 0.2) is 24.3 Å². The second-order valence-corrected chi connectivity index (χ2v) is 5.26. The maximum absolute atomic E-state index is 12.4. The van der Waals surface area contributed by atoms with Crippen molar-refractivity contribution in [3.63, 3.8) is 0 Å². The first kappa shape index (κ1) is 14.5. The molecule has 1 saturated carbocycles. The van der Waals surface area contributed by atoms with Crippen LogP contribution < -0.4 is 10.6 Å². The number of likely N-dealkylation sites (N-methyl/N-ethyl adjacent to an activating group) is 1. The van der Waals surface area contributed by atoms with Crippen molar-refractivity contribution >= 4 is 5.91 Å². The number of hydrogen-bond donors (Lipinski definition) is 2. The Labute approximate surface area is 120 Å². The van der Waals surface area contributed by atoms with Crippen molar-refractivity contribution in [3.8, 4) is 6.07 Å². The Balaban J connectivity index is 2.07. The highest BCUT2D eigenvalue weighted by Crippen LogP contribution is 2.25. The van der Waals surface area contributed by atoms with Crippen LogP contribution in [0.5, 0.6) is 0 Å². The van der Waals surface area contributed by atoms with Crippen LogP contribution >= 0.6 is 0 Å². The SMILES string of the molecule is CNCCc1ccccc1C(=O)NC1CCCC1C#N. The van der Waals surface area contributed by atoms with Gasteiger partial charge in [0.25, 0.3) is 5.91 Å². The van der Waals surface area contributed by atoms with Crippen molar-refractivity contribution in [1.82, 2.24) is 10.6 Å². The molecule has 20 heavy (non-hydrogen) atoms. The standard InChI is InChI=1S/C16H21N3O/c1-18-10-9-12-5-2-3-7-14(12)16(20)19-15-8-4-6-13(15)11-17/h2-3,5,7,13,15,18H,4,6,8-10H2,1H3,(H,19,20). The fraction of sp³-hybridized carbons (Fsp3) is 0.500. The van der Waals surface area contributed by atoms with Crippen LogP contribution in [-0.2, 0) is 6.42 Å². The summed E-state index contributed by atoms with van der Waals surface area (Å²) in [5.41, 5.74) is 1.78. The Bertz CT molecular complexity index is 507. The van der Waals surface area contributed by atoms with Gasteiger partial charge in [-0.3, -0.25) is 4.79 Å². The van der Waals surface area contributed by atoms with E-state index in [1.807, 2.05) is 31.3 Å². The molecular weight excluding hydrogens is 250 g/mol. The quantitative estimate of drug-likeness (QED) is 0.859. The lowest BCUT2D eigenvalue weighted by Crippen LogP contribution is -2.37. The summed E-state index contributed by atoms with van der Waals surface area (Å²) in [4.78, 5) is 12.4. The molecule has 1 aliphatic carbocycles. The topological polar surface area (TPSA) is 64.9 Å². The molecule has 106 valence electrons. The van der Waals surface area contributed by atoms with E-state index >= 15 is 0 Å². The molecule has 2 rings (SSSR count). The van der Waals surface area contributed by atoms with Crippen molar-refractivity contribution in [2.24, 2.45) is 5.92 Å². The molecule has 1 aromatic rings. The normalized spacial score (nSPS) is 21.4. The maximum Gasteiger partial charge on any atom is 0.251 e. The van der Waals surface area contributed by atoms with Crippen molar-refractivity contribution in [2.45, 2.75) is 31.7 Å². The molecule has 0 aliphatic heterocycles. The molecule has 4 heteroatoms. The highest BCUT2D eigenvalue weighted by atomic mass is 16.1. The summed E-state index contributed by atoms with van der Waals surface area (Å²) in [6.45, 7) is 0.842. The second-order valence-electron chi connectivity index (χ2n) is 5.26. The molecular formula is C16H21N3O. The van der Waals surface area contributed by atoms with E-state index in [0.29, 0.717) is 0 Å². The van der Waals surface area contributed by atoms with Gasteiger partial charge in [-0.15, -0.1) is 0 Å². The van der Waals surface area contributed by atoms with E-state index in [-0.39, 0.29) is 17.9 Å². The van der Waals surface area contributed by atoms with Crippen LogP contribution in [0.4, 0.5) is 0 Å². The Morgan fingerprint density at radius 3 is 2.95 bits per heavy atom. The predicted molar refractivity (Wildman–Crippen MR) is 78.3 cm³/mol. The van der Waals surface area contributed by atoms with Gasteiger partial charge in [0.15, 0.2) is 0 Å². The minimum absolute atomic E-state index is 0.00450. The van der Waals surface area contributed by atoms with Gasteiger partial charge >= 0.3 is 0 Å². The van der Waals surface area contributed by atoms with E-state index < -0.39 is 0 Å². The number of carbonyl (C=O) groups is 1. The second kappa shape index (κ2) is 7.06. The molecule has 0 spiro atoms. The molecule has 0 bridgehead atoms. The minimum Gasteiger partial charge on any atom is -0.348 e. The molecule has 2 N–H and O–H groups in total. The van der Waals surface area contributed by atoms with E-state index in [1.54, 1.807) is 0 Å². The zero-order chi connectivity index (χ0) is 14.4. The predicted octanol–water partition coefficient (Wildman–Crippen LogP) is 1.87. The number of hydrogen-bond acceptors (Lipinski definition) is 3. The summed E-state index contributed by atoms with van der Waals surface area (Å²) in [7, 11) is 1.90. The molecule has 4 nitrogen and oxygen atoms in total. The molecule has 0 radical (unpaired) electrons. The summed E-state index contributed by atoms with van der Waals surface area (Å²) in [5, 5.41) is 15.2. The van der Waals surface area contributed by atoms with Crippen LogP contribution in [0.1, 0.15) is 35.2 Å². The summed E-state index contributed by atoms with van der Waals surface area (Å²) in [6.07, 6.45) is 3.64. The molecule has 1 amide bonds. The Morgan fingerprint density at radius 2 is 2.20 bits per heavy atom. The number of amides is 1. The number of nitrogens with one attached hydrogen (secondary N) is 2. The Kier molecular flexibility index (Phi) is 5.14. The van der Waals surface area contributed by atoms with Crippen molar-refractivity contribution < 1.29 is 4.79 Å². The first-order valence-corrected chi connectivity index (χ1v) is 7.19. The van der Waals surface area contributed by atoms with Gasteiger partial charge in [-0.05, 0) is 50.9 Å². The van der Waals surface area contributed by atoms with Gasteiger partial charge in [0, 0.05) is 11.6 Å². The third-order valence-electron chi connectivity index (χ3n) is 3.90. The van der Waals surface area contributed by atoms with Gasteiger partial charge in [-0.25, -0.2) is 0 Å². The van der Waals surface area contributed by atoms with Gasteiger partial charge in [-0.1, -0.05) is 18.2 Å².